The Morgan fingerprint density at radius 1 is 1.09 bits per heavy atom. The number of carbonyl (C=O) groups is 1. The van der Waals surface area contributed by atoms with Crippen molar-refractivity contribution in [3.05, 3.63) is 0 Å². The van der Waals surface area contributed by atoms with E-state index in [2.05, 4.69) is 34.3 Å². The lowest BCUT2D eigenvalue weighted by atomic mass is 9.81. The summed E-state index contributed by atoms with van der Waals surface area (Å²) in [6.07, 6.45) is 2.96. The maximum atomic E-state index is 12.0. The molecule has 1 amide bonds. The highest BCUT2D eigenvalue weighted by atomic mass is 35.5. The van der Waals surface area contributed by atoms with Crippen LogP contribution in [-0.4, -0.2) is 74.6 Å². The number of piperazine rings is 1. The average Bonchev–Trinajstić information content (AvgIpc) is 2.52. The number of nitrogens with zero attached hydrogens (tertiary/aromatic N) is 2. The number of piperidine rings is 1. The van der Waals surface area contributed by atoms with Crippen molar-refractivity contribution in [1.29, 1.82) is 0 Å². The molecule has 2 N–H and O–H groups in total. The molecule has 2 rings (SSSR count). The van der Waals surface area contributed by atoms with Gasteiger partial charge in [-0.25, -0.2) is 0 Å². The third-order valence-electron chi connectivity index (χ3n) is 5.09. The minimum absolute atomic E-state index is 0. The van der Waals surface area contributed by atoms with E-state index in [1.807, 2.05) is 0 Å². The van der Waals surface area contributed by atoms with Crippen molar-refractivity contribution in [1.82, 2.24) is 20.4 Å². The molecule has 0 bridgehead atoms. The lowest BCUT2D eigenvalue weighted by molar-refractivity contribution is -0.122. The van der Waals surface area contributed by atoms with Crippen molar-refractivity contribution >= 4 is 30.7 Å². The van der Waals surface area contributed by atoms with Crippen LogP contribution in [0.25, 0.3) is 0 Å². The fourth-order valence-electron chi connectivity index (χ4n) is 3.20. The van der Waals surface area contributed by atoms with E-state index >= 15 is 0 Å². The average molecular weight is 369 g/mol. The third kappa shape index (κ3) is 8.03. The number of hydrogen-bond acceptors (Lipinski definition) is 4. The summed E-state index contributed by atoms with van der Waals surface area (Å²) >= 11 is 0. The Kier molecular flexibility index (Phi) is 11.4. The first-order valence-electron chi connectivity index (χ1n) is 8.53. The Labute approximate surface area is 153 Å². The van der Waals surface area contributed by atoms with Crippen LogP contribution >= 0.6 is 24.8 Å². The van der Waals surface area contributed by atoms with Crippen molar-refractivity contribution in [2.45, 2.75) is 33.1 Å². The molecule has 23 heavy (non-hydrogen) atoms. The zero-order chi connectivity index (χ0) is 15.1. The molecule has 0 aromatic heterocycles. The van der Waals surface area contributed by atoms with Gasteiger partial charge in [0.25, 0.3) is 0 Å². The standard InChI is InChI=1S/C16H32N4O.2ClH/c1-3-19-10-12-20(13-11-19)9-4-15(21)18-14-16(2)5-7-17-8-6-16;;/h17H,3-14H2,1-2H3,(H,18,21);2*1H. The molecule has 138 valence electrons. The first kappa shape index (κ1) is 22.9. The minimum atomic E-state index is 0. The molecule has 2 aliphatic heterocycles. The van der Waals surface area contributed by atoms with Crippen LogP contribution in [0.1, 0.15) is 33.1 Å². The molecule has 0 aromatic rings. The summed E-state index contributed by atoms with van der Waals surface area (Å²) in [5.41, 5.74) is 0.285. The molecule has 2 fully saturated rings. The number of rotatable bonds is 6. The van der Waals surface area contributed by atoms with Gasteiger partial charge in [-0.15, -0.1) is 24.8 Å². The summed E-state index contributed by atoms with van der Waals surface area (Å²) in [4.78, 5) is 16.9. The molecule has 0 radical (unpaired) electrons. The van der Waals surface area contributed by atoms with E-state index in [0.29, 0.717) is 6.42 Å². The van der Waals surface area contributed by atoms with Crippen LogP contribution in [0.5, 0.6) is 0 Å². The molecule has 0 spiro atoms. The molecular formula is C16H34Cl2N4O. The minimum Gasteiger partial charge on any atom is -0.356 e. The largest absolute Gasteiger partial charge is 0.356 e. The Morgan fingerprint density at radius 3 is 2.22 bits per heavy atom. The van der Waals surface area contributed by atoms with E-state index in [-0.39, 0.29) is 36.1 Å². The second-order valence-electron chi connectivity index (χ2n) is 6.86. The molecule has 0 saturated carbocycles. The topological polar surface area (TPSA) is 47.6 Å². The second kappa shape index (κ2) is 11.5. The van der Waals surface area contributed by atoms with Crippen LogP contribution in [-0.2, 0) is 4.79 Å². The van der Waals surface area contributed by atoms with Crippen molar-refractivity contribution < 1.29 is 4.79 Å². The summed E-state index contributed by atoms with van der Waals surface area (Å²) in [6.45, 7) is 14.0. The third-order valence-corrected chi connectivity index (χ3v) is 5.09. The van der Waals surface area contributed by atoms with Crippen molar-refractivity contribution in [3.8, 4) is 0 Å². The molecular weight excluding hydrogens is 335 g/mol. The predicted octanol–water partition coefficient (Wildman–Crippen LogP) is 1.36. The van der Waals surface area contributed by atoms with Gasteiger partial charge in [-0.1, -0.05) is 13.8 Å². The highest BCUT2D eigenvalue weighted by Gasteiger charge is 2.27. The number of likely N-dealkylation sites (N-methyl/N-ethyl adjacent to an activating group) is 1. The van der Waals surface area contributed by atoms with E-state index in [0.717, 1.165) is 71.7 Å². The van der Waals surface area contributed by atoms with Crippen LogP contribution in [0.3, 0.4) is 0 Å². The number of carbonyl (C=O) groups excluding carboxylic acids is 1. The van der Waals surface area contributed by atoms with Gasteiger partial charge in [-0.05, 0) is 37.9 Å². The predicted molar refractivity (Wildman–Crippen MR) is 101 cm³/mol. The van der Waals surface area contributed by atoms with Crippen molar-refractivity contribution in [2.24, 2.45) is 5.41 Å². The molecule has 7 heteroatoms. The number of hydrogen-bond donors (Lipinski definition) is 2. The zero-order valence-electron chi connectivity index (χ0n) is 14.6. The van der Waals surface area contributed by atoms with Gasteiger partial charge in [0.2, 0.25) is 5.91 Å². The summed E-state index contributed by atoms with van der Waals surface area (Å²) < 4.78 is 0. The fraction of sp³-hybridized carbons (Fsp3) is 0.938. The summed E-state index contributed by atoms with van der Waals surface area (Å²) in [6, 6.07) is 0. The molecule has 0 aromatic carbocycles. The summed E-state index contributed by atoms with van der Waals surface area (Å²) in [5.74, 6) is 0.215. The lowest BCUT2D eigenvalue weighted by Crippen LogP contribution is -2.47. The van der Waals surface area contributed by atoms with Crippen molar-refractivity contribution in [2.75, 3.05) is 58.9 Å². The van der Waals surface area contributed by atoms with Crippen molar-refractivity contribution in [3.63, 3.8) is 0 Å². The molecule has 2 aliphatic rings. The lowest BCUT2D eigenvalue weighted by Gasteiger charge is -2.35. The second-order valence-corrected chi connectivity index (χ2v) is 6.86. The van der Waals surface area contributed by atoms with E-state index in [9.17, 15) is 4.79 Å². The molecule has 2 saturated heterocycles. The van der Waals surface area contributed by atoms with Gasteiger partial charge >= 0.3 is 0 Å². The van der Waals surface area contributed by atoms with Crippen LogP contribution in [0, 0.1) is 5.41 Å². The highest BCUT2D eigenvalue weighted by molar-refractivity contribution is 5.85. The monoisotopic (exact) mass is 368 g/mol. The maximum Gasteiger partial charge on any atom is 0.221 e. The number of halogens is 2. The van der Waals surface area contributed by atoms with E-state index in [4.69, 9.17) is 0 Å². The Morgan fingerprint density at radius 2 is 1.65 bits per heavy atom. The van der Waals surface area contributed by atoms with Gasteiger partial charge in [-0.3, -0.25) is 4.79 Å². The fourth-order valence-corrected chi connectivity index (χ4v) is 3.20. The first-order valence-corrected chi connectivity index (χ1v) is 8.53. The maximum absolute atomic E-state index is 12.0. The number of nitrogens with one attached hydrogen (secondary N) is 2. The van der Waals surface area contributed by atoms with Crippen LogP contribution in [0.4, 0.5) is 0 Å². The SMILES string of the molecule is CCN1CCN(CCC(=O)NCC2(C)CCNCC2)CC1.Cl.Cl. The normalized spacial score (nSPS) is 21.8. The smallest absolute Gasteiger partial charge is 0.221 e. The van der Waals surface area contributed by atoms with Gasteiger partial charge in [0, 0.05) is 45.7 Å². The van der Waals surface area contributed by atoms with Crippen LogP contribution in [0.2, 0.25) is 0 Å². The Bertz CT molecular complexity index is 330. The van der Waals surface area contributed by atoms with E-state index < -0.39 is 0 Å². The van der Waals surface area contributed by atoms with E-state index in [1.54, 1.807) is 0 Å². The Balaban J connectivity index is 0.00000242. The molecule has 0 aliphatic carbocycles. The van der Waals surface area contributed by atoms with Gasteiger partial charge in [0.15, 0.2) is 0 Å². The first-order chi connectivity index (χ1) is 10.1. The summed E-state index contributed by atoms with van der Waals surface area (Å²) in [7, 11) is 0. The van der Waals surface area contributed by atoms with E-state index in [1.165, 1.54) is 0 Å². The highest BCUT2D eigenvalue weighted by Crippen LogP contribution is 2.26. The van der Waals surface area contributed by atoms with Crippen LogP contribution in [0.15, 0.2) is 0 Å². The molecule has 0 unspecified atom stereocenters. The molecule has 0 atom stereocenters. The Hall–Kier alpha value is -0.0700. The summed E-state index contributed by atoms with van der Waals surface area (Å²) in [5, 5.41) is 6.53. The van der Waals surface area contributed by atoms with Gasteiger partial charge in [0.05, 0.1) is 0 Å². The number of amides is 1. The van der Waals surface area contributed by atoms with Gasteiger partial charge < -0.3 is 20.4 Å². The molecule has 5 nitrogen and oxygen atoms in total. The van der Waals surface area contributed by atoms with Gasteiger partial charge in [-0.2, -0.15) is 0 Å². The van der Waals surface area contributed by atoms with Gasteiger partial charge in [0.1, 0.15) is 0 Å². The zero-order valence-corrected chi connectivity index (χ0v) is 16.2. The van der Waals surface area contributed by atoms with Crippen LogP contribution < -0.4 is 10.6 Å². The molecule has 2 heterocycles. The quantitative estimate of drug-likeness (QED) is 0.742.